The summed E-state index contributed by atoms with van der Waals surface area (Å²) in [6.07, 6.45) is 1.20. The highest BCUT2D eigenvalue weighted by molar-refractivity contribution is 7.13. The van der Waals surface area contributed by atoms with Crippen molar-refractivity contribution in [1.29, 1.82) is 0 Å². The number of aliphatic hydroxyl groups excluding tert-OH is 1. The molecule has 3 amide bonds. The molecule has 3 saturated heterocycles. The number of piperazine rings is 1. The van der Waals surface area contributed by atoms with Crippen molar-refractivity contribution >= 4 is 68.2 Å². The van der Waals surface area contributed by atoms with Crippen LogP contribution in [0.15, 0.2) is 72.2 Å². The van der Waals surface area contributed by atoms with Gasteiger partial charge < -0.3 is 54.9 Å². The molecule has 5 N–H and O–H groups in total. The number of carbonyl (C=O) groups is 3. The van der Waals surface area contributed by atoms with Crippen LogP contribution in [-0.4, -0.2) is 175 Å². The molecule has 428 valence electrons. The maximum atomic E-state index is 17.0. The quantitative estimate of drug-likeness (QED) is 0.0437. The van der Waals surface area contributed by atoms with Crippen molar-refractivity contribution in [3.05, 3.63) is 94.3 Å². The van der Waals surface area contributed by atoms with Crippen LogP contribution < -0.4 is 25.6 Å². The largest absolute Gasteiger partial charge is 0.508 e. The van der Waals surface area contributed by atoms with Gasteiger partial charge in [0.25, 0.3) is 0 Å². The number of anilines is 1. The second kappa shape index (κ2) is 26.7. The summed E-state index contributed by atoms with van der Waals surface area (Å²) in [5.41, 5.74) is 4.95. The normalized spacial score (nSPS) is 18.2. The standard InChI is InChI=1S/C59H73ClFN9O9S/c1-36(79-58-66-52-46(55(67-58)69-22-18-62-19-23-69)31-47(60)50(51(52)61)45-29-41(71)28-40-8-6-7-9-44(40)45)32-68-20-15-43(16-21-68)78-27-26-76-24-25-77-34-49(73)65-54(59(3,4)5)57(75)70-33-42(72)30-48(70)56(74)63-17-14-38-10-12-39(13-11-38)53-37(2)64-35-80-53/h6-13,28-29,31,35-36,42-43,48,54,62,71-72H,14-27,30,32-34H2,1-5H3,(H,63,74)(H,65,73)/t36-,42+,48+,54-/m1/s1. The Morgan fingerprint density at radius 3 is 2.42 bits per heavy atom. The first-order valence-corrected chi connectivity index (χ1v) is 28.8. The monoisotopic (exact) mass is 1140 g/mol. The highest BCUT2D eigenvalue weighted by Gasteiger charge is 2.44. The van der Waals surface area contributed by atoms with E-state index < -0.39 is 41.2 Å². The van der Waals surface area contributed by atoms with Gasteiger partial charge in [-0.15, -0.1) is 11.3 Å². The Hall–Kier alpha value is -6.10. The van der Waals surface area contributed by atoms with E-state index in [1.165, 1.54) is 11.0 Å². The van der Waals surface area contributed by atoms with Crippen molar-refractivity contribution in [2.24, 2.45) is 5.41 Å². The minimum Gasteiger partial charge on any atom is -0.508 e. The van der Waals surface area contributed by atoms with Gasteiger partial charge in [0.15, 0.2) is 5.82 Å². The molecule has 0 bridgehead atoms. The number of amides is 3. The number of aromatic nitrogens is 3. The number of phenolic OH excluding ortho intramolecular Hbond substituents is 1. The summed E-state index contributed by atoms with van der Waals surface area (Å²) in [5, 5.41) is 32.5. The average molecular weight is 1140 g/mol. The van der Waals surface area contributed by atoms with Gasteiger partial charge in [0, 0.05) is 76.3 Å². The number of nitrogens with one attached hydrogen (secondary N) is 3. The highest BCUT2D eigenvalue weighted by atomic mass is 35.5. The predicted molar refractivity (Wildman–Crippen MR) is 308 cm³/mol. The van der Waals surface area contributed by atoms with E-state index >= 15 is 4.39 Å². The molecular weight excluding hydrogens is 1070 g/mol. The molecule has 3 fully saturated rings. The Balaban J connectivity index is 0.682. The number of thiazole rings is 1. The van der Waals surface area contributed by atoms with Crippen molar-refractivity contribution in [3.8, 4) is 33.3 Å². The van der Waals surface area contributed by atoms with E-state index in [4.69, 9.17) is 35.5 Å². The third-order valence-electron chi connectivity index (χ3n) is 14.9. The SMILES string of the molecule is Cc1ncsc1-c1ccc(CCNC(=O)[C@@H]2C[C@H](O)CN2C(=O)[C@@H](NC(=O)COCCOCCOC2CCN(C[C@@H](C)Oc3nc(N4CCNCC4)c4cc(Cl)c(-c5cc(O)cc6ccccc56)c(F)c4n3)CC2)C(C)(C)C)cc1. The Labute approximate surface area is 475 Å². The molecule has 80 heavy (non-hydrogen) atoms. The van der Waals surface area contributed by atoms with Crippen LogP contribution in [0.25, 0.3) is 43.2 Å². The summed E-state index contributed by atoms with van der Waals surface area (Å²) in [5.74, 6) is -1.34. The van der Waals surface area contributed by atoms with Gasteiger partial charge in [0.1, 0.15) is 41.9 Å². The summed E-state index contributed by atoms with van der Waals surface area (Å²) >= 11 is 8.49. The number of ether oxygens (including phenoxy) is 4. The van der Waals surface area contributed by atoms with Gasteiger partial charge in [0.2, 0.25) is 17.7 Å². The molecular formula is C59H73ClFN9O9S. The van der Waals surface area contributed by atoms with Crippen LogP contribution in [0, 0.1) is 18.2 Å². The Morgan fingerprint density at radius 1 is 0.950 bits per heavy atom. The second-order valence-corrected chi connectivity index (χ2v) is 23.2. The molecule has 9 rings (SSSR count). The van der Waals surface area contributed by atoms with Crippen LogP contribution in [0.1, 0.15) is 58.2 Å². The number of aliphatic hydroxyl groups is 1. The first-order chi connectivity index (χ1) is 38.5. The molecule has 0 saturated carbocycles. The maximum absolute atomic E-state index is 17.0. The van der Waals surface area contributed by atoms with Gasteiger partial charge in [0.05, 0.1) is 59.7 Å². The number of aromatic hydroxyl groups is 1. The second-order valence-electron chi connectivity index (χ2n) is 22.0. The molecule has 3 aliphatic heterocycles. The van der Waals surface area contributed by atoms with Gasteiger partial charge in [-0.25, -0.2) is 9.37 Å². The third kappa shape index (κ3) is 14.5. The van der Waals surface area contributed by atoms with Crippen LogP contribution in [0.4, 0.5) is 10.2 Å². The minimum atomic E-state index is -0.971. The molecule has 0 radical (unpaired) electrons. The van der Waals surface area contributed by atoms with Gasteiger partial charge in [-0.05, 0) is 84.2 Å². The van der Waals surface area contributed by atoms with Gasteiger partial charge >= 0.3 is 6.01 Å². The smallest absolute Gasteiger partial charge is 0.319 e. The van der Waals surface area contributed by atoms with Crippen LogP contribution >= 0.6 is 22.9 Å². The Morgan fingerprint density at radius 2 is 1.69 bits per heavy atom. The number of halogens is 2. The first kappa shape index (κ1) is 58.6. The lowest BCUT2D eigenvalue weighted by atomic mass is 9.85. The molecule has 5 heterocycles. The predicted octanol–water partition coefficient (Wildman–Crippen LogP) is 6.92. The zero-order valence-corrected chi connectivity index (χ0v) is 47.7. The van der Waals surface area contributed by atoms with Crippen LogP contribution in [0.3, 0.4) is 0 Å². The van der Waals surface area contributed by atoms with Crippen LogP contribution in [0.5, 0.6) is 11.8 Å². The number of phenols is 1. The summed E-state index contributed by atoms with van der Waals surface area (Å²) in [6, 6.07) is 18.7. The zero-order chi connectivity index (χ0) is 56.5. The lowest BCUT2D eigenvalue weighted by molar-refractivity contribution is -0.144. The molecule has 3 aliphatic rings. The van der Waals surface area contributed by atoms with Gasteiger partial charge in [-0.1, -0.05) is 80.9 Å². The molecule has 6 aromatic rings. The molecule has 4 atom stereocenters. The fourth-order valence-corrected chi connectivity index (χ4v) is 11.9. The van der Waals surface area contributed by atoms with E-state index in [-0.39, 0.29) is 78.8 Å². The number of fused-ring (bicyclic) bond motifs is 2. The number of benzene rings is 4. The van der Waals surface area contributed by atoms with Crippen molar-refractivity contribution in [3.63, 3.8) is 0 Å². The molecule has 0 unspecified atom stereocenters. The number of hydrogen-bond donors (Lipinski definition) is 5. The Bertz CT molecular complexity index is 3110. The summed E-state index contributed by atoms with van der Waals surface area (Å²) in [7, 11) is 0. The molecule has 18 nitrogen and oxygen atoms in total. The van der Waals surface area contributed by atoms with Crippen LogP contribution in [0.2, 0.25) is 5.02 Å². The Kier molecular flexibility index (Phi) is 19.5. The van der Waals surface area contributed by atoms with E-state index in [1.54, 1.807) is 23.5 Å². The number of hydrogen-bond acceptors (Lipinski definition) is 16. The molecule has 4 aromatic carbocycles. The third-order valence-corrected chi connectivity index (χ3v) is 16.2. The fraction of sp³-hybridized carbons (Fsp3) is 0.492. The van der Waals surface area contributed by atoms with E-state index in [0.29, 0.717) is 62.6 Å². The zero-order valence-electron chi connectivity index (χ0n) is 46.1. The van der Waals surface area contributed by atoms with E-state index in [0.717, 1.165) is 71.5 Å². The molecule has 0 aliphatic carbocycles. The van der Waals surface area contributed by atoms with E-state index in [2.05, 4.69) is 35.7 Å². The lowest BCUT2D eigenvalue weighted by Gasteiger charge is -2.35. The van der Waals surface area contributed by atoms with Crippen molar-refractivity contribution in [2.45, 2.75) is 90.7 Å². The summed E-state index contributed by atoms with van der Waals surface area (Å²) < 4.78 is 40.9. The number of carbonyl (C=O) groups excluding carboxylic acids is 3. The van der Waals surface area contributed by atoms with Crippen molar-refractivity contribution < 1.29 is 47.9 Å². The lowest BCUT2D eigenvalue weighted by Crippen LogP contribution is -2.58. The molecule has 2 aromatic heterocycles. The number of aryl methyl sites for hydroxylation is 1. The average Bonchev–Trinajstić information content (AvgIpc) is 4.20. The van der Waals surface area contributed by atoms with Gasteiger partial charge in [-0.3, -0.25) is 19.3 Å². The van der Waals surface area contributed by atoms with E-state index in [1.807, 2.05) is 88.7 Å². The van der Waals surface area contributed by atoms with Gasteiger partial charge in [-0.2, -0.15) is 9.97 Å². The molecule has 21 heteroatoms. The number of nitrogens with zero attached hydrogens (tertiary/aromatic N) is 6. The topological polar surface area (TPSA) is 213 Å². The number of β-amino-alcohol motifs (C(OH)–C–C–N with tert-alkyl or cyclic N) is 1. The summed E-state index contributed by atoms with van der Waals surface area (Å²) in [6.45, 7) is 15.6. The number of piperidine rings is 1. The van der Waals surface area contributed by atoms with Crippen LogP contribution in [-0.2, 0) is 35.0 Å². The van der Waals surface area contributed by atoms with Crippen molar-refractivity contribution in [2.75, 3.05) is 96.8 Å². The van der Waals surface area contributed by atoms with E-state index in [9.17, 15) is 24.6 Å². The van der Waals surface area contributed by atoms with Crippen molar-refractivity contribution in [1.82, 2.24) is 40.7 Å². The fourth-order valence-electron chi connectivity index (χ4n) is 10.7. The summed E-state index contributed by atoms with van der Waals surface area (Å²) in [4.78, 5) is 61.4. The maximum Gasteiger partial charge on any atom is 0.319 e. The minimum absolute atomic E-state index is 0.00151. The highest BCUT2D eigenvalue weighted by Crippen LogP contribution is 2.43. The first-order valence-electron chi connectivity index (χ1n) is 27.6. The number of likely N-dealkylation sites (tertiary alicyclic amines) is 2. The number of rotatable bonds is 22. The molecule has 0 spiro atoms.